The normalized spacial score (nSPS) is 17.3. The van der Waals surface area contributed by atoms with Crippen LogP contribution in [0.15, 0.2) is 21.5 Å². The molecular formula is C15H14BrNO6S. The quantitative estimate of drug-likeness (QED) is 0.596. The maximum Gasteiger partial charge on any atom is 0.328 e. The first kappa shape index (κ1) is 18.3. The van der Waals surface area contributed by atoms with Crippen LogP contribution in [-0.4, -0.2) is 47.4 Å². The molecule has 0 spiro atoms. The summed E-state index contributed by atoms with van der Waals surface area (Å²) in [4.78, 5) is 37.0. The molecule has 1 aliphatic rings. The van der Waals surface area contributed by atoms with Crippen LogP contribution in [0.3, 0.4) is 0 Å². The largest absolute Gasteiger partial charge is 0.503 e. The first-order chi connectivity index (χ1) is 11.3. The number of aromatic hydroxyl groups is 1. The van der Waals surface area contributed by atoms with Gasteiger partial charge < -0.3 is 14.6 Å². The molecule has 0 unspecified atom stereocenters. The minimum Gasteiger partial charge on any atom is -0.503 e. The van der Waals surface area contributed by atoms with E-state index in [-0.39, 0.29) is 16.4 Å². The molecule has 1 heterocycles. The minimum absolute atomic E-state index is 0.0675. The Labute approximate surface area is 150 Å². The van der Waals surface area contributed by atoms with Gasteiger partial charge in [-0.05, 0) is 58.4 Å². The minimum atomic E-state index is -1.01. The molecule has 1 fully saturated rings. The van der Waals surface area contributed by atoms with E-state index >= 15 is 0 Å². The topological polar surface area (TPSA) is 93.1 Å². The zero-order chi connectivity index (χ0) is 18.0. The van der Waals surface area contributed by atoms with Crippen LogP contribution in [0.25, 0.3) is 6.08 Å². The Morgan fingerprint density at radius 2 is 2.04 bits per heavy atom. The fraction of sp³-hybridized carbons (Fsp3) is 0.267. The smallest absolute Gasteiger partial charge is 0.328 e. The number of imide groups is 1. The zero-order valence-corrected chi connectivity index (χ0v) is 15.4. The summed E-state index contributed by atoms with van der Waals surface area (Å²) in [7, 11) is 2.59. The number of ether oxygens (including phenoxy) is 2. The van der Waals surface area contributed by atoms with Gasteiger partial charge in [-0.25, -0.2) is 4.79 Å². The highest BCUT2D eigenvalue weighted by molar-refractivity contribution is 9.10. The Morgan fingerprint density at radius 1 is 1.38 bits per heavy atom. The lowest BCUT2D eigenvalue weighted by atomic mass is 10.1. The highest BCUT2D eigenvalue weighted by Crippen LogP contribution is 2.38. The van der Waals surface area contributed by atoms with Crippen molar-refractivity contribution >= 4 is 50.9 Å². The van der Waals surface area contributed by atoms with Gasteiger partial charge in [-0.2, -0.15) is 0 Å². The molecule has 1 aliphatic heterocycles. The number of hydrogen-bond donors (Lipinski definition) is 1. The number of halogens is 1. The summed E-state index contributed by atoms with van der Waals surface area (Å²) in [5.41, 5.74) is 0.549. The van der Waals surface area contributed by atoms with Crippen LogP contribution in [0.2, 0.25) is 0 Å². The number of carbonyl (C=O) groups excluding carboxylic acids is 3. The third-order valence-electron chi connectivity index (χ3n) is 3.32. The molecule has 0 aromatic heterocycles. The second-order valence-corrected chi connectivity index (χ2v) is 6.65. The van der Waals surface area contributed by atoms with E-state index in [1.165, 1.54) is 33.3 Å². The third kappa shape index (κ3) is 3.41. The van der Waals surface area contributed by atoms with Crippen molar-refractivity contribution < 1.29 is 29.0 Å². The standard InChI is InChI=1S/C15H14BrNO6S/c1-7(14(20)23-3)17-13(19)11(24-15(17)21)6-8-4-9(16)12(18)10(5-8)22-2/h4-7,18H,1-3H3/b11-6+/t7-/m0/s1. The number of amides is 2. The fourth-order valence-electron chi connectivity index (χ4n) is 2.07. The van der Waals surface area contributed by atoms with Gasteiger partial charge in [-0.1, -0.05) is 0 Å². The van der Waals surface area contributed by atoms with E-state index in [1.807, 2.05) is 0 Å². The number of phenols is 1. The van der Waals surface area contributed by atoms with Gasteiger partial charge in [0.05, 0.1) is 23.6 Å². The molecule has 9 heteroatoms. The van der Waals surface area contributed by atoms with Crippen LogP contribution in [0, 0.1) is 0 Å². The number of hydrogen-bond acceptors (Lipinski definition) is 7. The predicted octanol–water partition coefficient (Wildman–Crippen LogP) is 2.76. The number of benzene rings is 1. The number of phenolic OH excluding ortho intramolecular Hbond substituents is 1. The number of esters is 1. The summed E-state index contributed by atoms with van der Waals surface area (Å²) in [5.74, 6) is -1.10. The van der Waals surface area contributed by atoms with E-state index in [2.05, 4.69) is 20.7 Å². The summed E-state index contributed by atoms with van der Waals surface area (Å²) in [6.45, 7) is 1.42. The van der Waals surface area contributed by atoms with Crippen LogP contribution in [0.4, 0.5) is 4.79 Å². The van der Waals surface area contributed by atoms with Crippen molar-refractivity contribution in [3.63, 3.8) is 0 Å². The molecule has 0 bridgehead atoms. The van der Waals surface area contributed by atoms with E-state index in [4.69, 9.17) is 4.74 Å². The molecular weight excluding hydrogens is 402 g/mol. The van der Waals surface area contributed by atoms with E-state index in [0.29, 0.717) is 10.0 Å². The average Bonchev–Trinajstić information content (AvgIpc) is 2.83. The summed E-state index contributed by atoms with van der Waals surface area (Å²) >= 11 is 3.92. The van der Waals surface area contributed by atoms with Crippen LogP contribution in [0.5, 0.6) is 11.5 Å². The second kappa shape index (κ2) is 7.27. The Morgan fingerprint density at radius 3 is 2.62 bits per heavy atom. The molecule has 0 radical (unpaired) electrons. The number of methoxy groups -OCH3 is 2. The van der Waals surface area contributed by atoms with Crippen LogP contribution >= 0.6 is 27.7 Å². The number of rotatable bonds is 4. The molecule has 1 atom stereocenters. The van der Waals surface area contributed by atoms with Gasteiger partial charge in [0.2, 0.25) is 0 Å². The average molecular weight is 416 g/mol. The maximum absolute atomic E-state index is 12.4. The fourth-order valence-corrected chi connectivity index (χ4v) is 3.44. The molecule has 1 N–H and O–H groups in total. The molecule has 24 heavy (non-hydrogen) atoms. The van der Waals surface area contributed by atoms with E-state index in [1.54, 1.807) is 6.07 Å². The van der Waals surface area contributed by atoms with Gasteiger partial charge in [0, 0.05) is 0 Å². The van der Waals surface area contributed by atoms with Gasteiger partial charge in [0.1, 0.15) is 6.04 Å². The predicted molar refractivity (Wildman–Crippen MR) is 91.6 cm³/mol. The van der Waals surface area contributed by atoms with Crippen molar-refractivity contribution in [3.8, 4) is 11.5 Å². The SMILES string of the molecule is COC(=O)[C@H](C)N1C(=O)S/C(=C/c2cc(Br)c(O)c(OC)c2)C1=O. The zero-order valence-electron chi connectivity index (χ0n) is 13.0. The number of carbonyl (C=O) groups is 3. The van der Waals surface area contributed by atoms with Gasteiger partial charge in [0.15, 0.2) is 11.5 Å². The molecule has 2 rings (SSSR count). The van der Waals surface area contributed by atoms with Crippen LogP contribution in [0.1, 0.15) is 12.5 Å². The molecule has 1 aromatic carbocycles. The molecule has 1 saturated heterocycles. The van der Waals surface area contributed by atoms with Gasteiger partial charge in [-0.3, -0.25) is 14.5 Å². The van der Waals surface area contributed by atoms with E-state index in [0.717, 1.165) is 16.7 Å². The van der Waals surface area contributed by atoms with Crippen molar-refractivity contribution in [2.24, 2.45) is 0 Å². The molecule has 0 aliphatic carbocycles. The van der Waals surface area contributed by atoms with Gasteiger partial charge in [0.25, 0.3) is 11.1 Å². The van der Waals surface area contributed by atoms with Crippen molar-refractivity contribution in [2.45, 2.75) is 13.0 Å². The first-order valence-electron chi connectivity index (χ1n) is 6.71. The third-order valence-corrected chi connectivity index (χ3v) is 4.81. The molecule has 1 aromatic rings. The summed E-state index contributed by atoms with van der Waals surface area (Å²) in [6, 6.07) is 2.10. The second-order valence-electron chi connectivity index (χ2n) is 4.80. The number of thioether (sulfide) groups is 1. The molecule has 7 nitrogen and oxygen atoms in total. The highest BCUT2D eigenvalue weighted by atomic mass is 79.9. The Hall–Kier alpha value is -2.00. The lowest BCUT2D eigenvalue weighted by molar-refractivity contribution is -0.148. The van der Waals surface area contributed by atoms with Crippen LogP contribution < -0.4 is 4.74 Å². The molecule has 2 amide bonds. The van der Waals surface area contributed by atoms with Gasteiger partial charge >= 0.3 is 5.97 Å². The van der Waals surface area contributed by atoms with E-state index < -0.39 is 23.2 Å². The summed E-state index contributed by atoms with van der Waals surface area (Å²) in [6.07, 6.45) is 1.49. The number of nitrogens with zero attached hydrogens (tertiary/aromatic N) is 1. The molecule has 128 valence electrons. The first-order valence-corrected chi connectivity index (χ1v) is 8.32. The Balaban J connectivity index is 2.36. The Bertz CT molecular complexity index is 748. The lowest BCUT2D eigenvalue weighted by Crippen LogP contribution is -2.42. The highest BCUT2D eigenvalue weighted by Gasteiger charge is 2.41. The van der Waals surface area contributed by atoms with Crippen molar-refractivity contribution in [1.82, 2.24) is 4.90 Å². The van der Waals surface area contributed by atoms with Crippen LogP contribution in [-0.2, 0) is 14.3 Å². The van der Waals surface area contributed by atoms with Crippen molar-refractivity contribution in [1.29, 1.82) is 0 Å². The summed E-state index contributed by atoms with van der Waals surface area (Å²) < 4.78 is 10.00. The summed E-state index contributed by atoms with van der Waals surface area (Å²) in [5, 5.41) is 9.25. The van der Waals surface area contributed by atoms with Gasteiger partial charge in [-0.15, -0.1) is 0 Å². The maximum atomic E-state index is 12.4. The van der Waals surface area contributed by atoms with E-state index in [9.17, 15) is 19.5 Å². The van der Waals surface area contributed by atoms with Crippen molar-refractivity contribution in [3.05, 3.63) is 27.1 Å². The molecule has 0 saturated carbocycles. The van der Waals surface area contributed by atoms with Crippen molar-refractivity contribution in [2.75, 3.05) is 14.2 Å². The Kier molecular flexibility index (Phi) is 5.55. The lowest BCUT2D eigenvalue weighted by Gasteiger charge is -2.18. The monoisotopic (exact) mass is 415 g/mol.